The van der Waals surface area contributed by atoms with Gasteiger partial charge >= 0.3 is 6.61 Å². The van der Waals surface area contributed by atoms with E-state index in [2.05, 4.69) is 32.2 Å². The predicted molar refractivity (Wildman–Crippen MR) is 105 cm³/mol. The molecule has 1 unspecified atom stereocenters. The van der Waals surface area contributed by atoms with Gasteiger partial charge in [0.05, 0.1) is 0 Å². The first-order valence-electron chi connectivity index (χ1n) is 9.78. The first kappa shape index (κ1) is 21.4. The van der Waals surface area contributed by atoms with Gasteiger partial charge in [0.1, 0.15) is 5.75 Å². The molecule has 1 aliphatic rings. The minimum absolute atomic E-state index is 0.186. The number of guanidine groups is 1. The topological polar surface area (TPSA) is 48.9 Å². The van der Waals surface area contributed by atoms with Crippen LogP contribution in [-0.2, 0) is 6.54 Å². The van der Waals surface area contributed by atoms with Crippen molar-refractivity contribution < 1.29 is 13.5 Å². The number of alkyl halides is 2. The van der Waals surface area contributed by atoms with Gasteiger partial charge in [0, 0.05) is 32.2 Å². The summed E-state index contributed by atoms with van der Waals surface area (Å²) in [6.07, 6.45) is 4.89. The highest BCUT2D eigenvalue weighted by molar-refractivity contribution is 5.79. The van der Waals surface area contributed by atoms with E-state index in [4.69, 9.17) is 0 Å². The van der Waals surface area contributed by atoms with E-state index in [-0.39, 0.29) is 5.75 Å². The summed E-state index contributed by atoms with van der Waals surface area (Å²) in [6.45, 7) is 4.29. The van der Waals surface area contributed by atoms with Crippen molar-refractivity contribution in [2.75, 3.05) is 33.2 Å². The normalized spacial score (nSPS) is 18.6. The van der Waals surface area contributed by atoms with Crippen molar-refractivity contribution in [1.82, 2.24) is 15.5 Å². The molecular weight excluding hydrogens is 350 g/mol. The highest BCUT2D eigenvalue weighted by Crippen LogP contribution is 2.20. The zero-order chi connectivity index (χ0) is 19.5. The summed E-state index contributed by atoms with van der Waals surface area (Å²) >= 11 is 0. The fourth-order valence-electron chi connectivity index (χ4n) is 3.42. The third-order valence-corrected chi connectivity index (χ3v) is 4.79. The second-order valence-corrected chi connectivity index (χ2v) is 7.09. The van der Waals surface area contributed by atoms with Gasteiger partial charge in [0.15, 0.2) is 5.96 Å². The number of aliphatic imine (C=N–C) groups is 1. The minimum atomic E-state index is -2.83. The number of nitrogens with one attached hydrogen (secondary N) is 2. The highest BCUT2D eigenvalue weighted by Gasteiger charge is 2.15. The molecular formula is C20H32F2N4O. The minimum Gasteiger partial charge on any atom is -0.434 e. The maximum absolute atomic E-state index is 12.5. The average molecular weight is 382 g/mol. The Morgan fingerprint density at radius 1 is 1.30 bits per heavy atom. The lowest BCUT2D eigenvalue weighted by Crippen LogP contribution is -2.38. The van der Waals surface area contributed by atoms with Crippen LogP contribution in [0.25, 0.3) is 0 Å². The molecule has 0 aromatic heterocycles. The van der Waals surface area contributed by atoms with Gasteiger partial charge in [-0.05, 0) is 50.8 Å². The number of likely N-dealkylation sites (tertiary alicyclic amines) is 1. The van der Waals surface area contributed by atoms with Gasteiger partial charge in [-0.2, -0.15) is 8.78 Å². The van der Waals surface area contributed by atoms with E-state index in [1.165, 1.54) is 25.9 Å². The van der Waals surface area contributed by atoms with Crippen LogP contribution in [0, 0.1) is 5.92 Å². The van der Waals surface area contributed by atoms with Gasteiger partial charge in [0.25, 0.3) is 0 Å². The summed E-state index contributed by atoms with van der Waals surface area (Å²) in [5, 5.41) is 6.43. The molecule has 0 spiro atoms. The van der Waals surface area contributed by atoms with Gasteiger partial charge in [0.2, 0.25) is 0 Å². The molecule has 5 nitrogen and oxygen atoms in total. The quantitative estimate of drug-likeness (QED) is 0.390. The Bertz CT molecular complexity index is 583. The van der Waals surface area contributed by atoms with Crippen molar-refractivity contribution in [3.8, 4) is 5.75 Å². The van der Waals surface area contributed by atoms with Crippen molar-refractivity contribution in [2.24, 2.45) is 10.9 Å². The monoisotopic (exact) mass is 382 g/mol. The Kier molecular flexibility index (Phi) is 9.31. The van der Waals surface area contributed by atoms with Crippen LogP contribution < -0.4 is 15.4 Å². The molecule has 0 saturated carbocycles. The van der Waals surface area contributed by atoms with Crippen molar-refractivity contribution in [3.05, 3.63) is 29.8 Å². The highest BCUT2D eigenvalue weighted by atomic mass is 19.3. The van der Waals surface area contributed by atoms with E-state index in [0.717, 1.165) is 31.8 Å². The molecule has 1 heterocycles. The molecule has 0 bridgehead atoms. The van der Waals surface area contributed by atoms with E-state index in [9.17, 15) is 8.78 Å². The van der Waals surface area contributed by atoms with Crippen LogP contribution >= 0.6 is 0 Å². The zero-order valence-electron chi connectivity index (χ0n) is 16.4. The molecule has 0 amide bonds. The molecule has 1 aliphatic heterocycles. The molecule has 0 aliphatic carbocycles. The van der Waals surface area contributed by atoms with E-state index < -0.39 is 6.61 Å². The number of ether oxygens (including phenoxy) is 1. The van der Waals surface area contributed by atoms with Crippen molar-refractivity contribution in [1.29, 1.82) is 0 Å². The lowest BCUT2D eigenvalue weighted by molar-refractivity contribution is -0.0504. The Hall–Kier alpha value is -1.89. The number of hydrogen-bond acceptors (Lipinski definition) is 3. The molecule has 2 N–H and O–H groups in total. The maximum Gasteiger partial charge on any atom is 0.387 e. The molecule has 1 atom stereocenters. The summed E-state index contributed by atoms with van der Waals surface area (Å²) in [6, 6.07) is 6.78. The molecule has 1 aromatic rings. The number of unbranched alkanes of at least 4 members (excludes halogenated alkanes) is 1. The number of para-hydroxylation sites is 1. The Balaban J connectivity index is 1.66. The van der Waals surface area contributed by atoms with Crippen molar-refractivity contribution >= 4 is 5.96 Å². The second kappa shape index (κ2) is 11.7. The first-order chi connectivity index (χ1) is 13.1. The number of hydrogen-bond donors (Lipinski definition) is 2. The largest absolute Gasteiger partial charge is 0.434 e. The second-order valence-electron chi connectivity index (χ2n) is 7.09. The summed E-state index contributed by atoms with van der Waals surface area (Å²) in [5.41, 5.74) is 0.667. The van der Waals surface area contributed by atoms with E-state index in [0.29, 0.717) is 18.1 Å². The standard InChI is InChI=1S/C20H32F2N4O/c1-16-8-7-13-26(15-16)12-6-5-11-24-20(23-2)25-14-17-9-3-4-10-18(17)27-19(21)22/h3-4,9-10,16,19H,5-8,11-15H2,1-2H3,(H2,23,24,25). The van der Waals surface area contributed by atoms with Crippen molar-refractivity contribution in [2.45, 2.75) is 45.8 Å². The molecule has 27 heavy (non-hydrogen) atoms. The van der Waals surface area contributed by atoms with Crippen LogP contribution in [0.1, 0.15) is 38.2 Å². The molecule has 1 fully saturated rings. The molecule has 1 aromatic carbocycles. The molecule has 2 rings (SSSR count). The SMILES string of the molecule is CN=C(NCCCCN1CCCC(C)C1)NCc1ccccc1OC(F)F. The number of piperidine rings is 1. The van der Waals surface area contributed by atoms with Crippen LogP contribution in [0.2, 0.25) is 0 Å². The van der Waals surface area contributed by atoms with Crippen LogP contribution in [0.15, 0.2) is 29.3 Å². The lowest BCUT2D eigenvalue weighted by Gasteiger charge is -2.30. The number of halogens is 2. The van der Waals surface area contributed by atoms with Gasteiger partial charge in [-0.25, -0.2) is 0 Å². The van der Waals surface area contributed by atoms with E-state index in [1.807, 2.05) is 0 Å². The third-order valence-electron chi connectivity index (χ3n) is 4.79. The van der Waals surface area contributed by atoms with Crippen molar-refractivity contribution in [3.63, 3.8) is 0 Å². The molecule has 0 radical (unpaired) electrons. The van der Waals surface area contributed by atoms with Gasteiger partial charge in [-0.1, -0.05) is 25.1 Å². The molecule has 152 valence electrons. The Morgan fingerprint density at radius 3 is 2.85 bits per heavy atom. The fourth-order valence-corrected chi connectivity index (χ4v) is 3.42. The molecule has 1 saturated heterocycles. The van der Waals surface area contributed by atoms with Crippen LogP contribution in [0.5, 0.6) is 5.75 Å². The smallest absolute Gasteiger partial charge is 0.387 e. The van der Waals surface area contributed by atoms with E-state index >= 15 is 0 Å². The van der Waals surface area contributed by atoms with E-state index in [1.54, 1.807) is 31.3 Å². The van der Waals surface area contributed by atoms with Gasteiger partial charge < -0.3 is 20.3 Å². The number of nitrogens with zero attached hydrogens (tertiary/aromatic N) is 2. The average Bonchev–Trinajstić information content (AvgIpc) is 2.64. The first-order valence-corrected chi connectivity index (χ1v) is 9.78. The summed E-state index contributed by atoms with van der Waals surface area (Å²) in [4.78, 5) is 6.74. The predicted octanol–water partition coefficient (Wildman–Crippen LogP) is 3.47. The number of rotatable bonds is 9. The maximum atomic E-state index is 12.5. The summed E-state index contributed by atoms with van der Waals surface area (Å²) < 4.78 is 29.5. The zero-order valence-corrected chi connectivity index (χ0v) is 16.4. The fraction of sp³-hybridized carbons (Fsp3) is 0.650. The van der Waals surface area contributed by atoms with Gasteiger partial charge in [-0.15, -0.1) is 0 Å². The van der Waals surface area contributed by atoms with Gasteiger partial charge in [-0.3, -0.25) is 4.99 Å². The Morgan fingerprint density at radius 2 is 2.11 bits per heavy atom. The number of benzene rings is 1. The van der Waals surface area contributed by atoms with Crippen LogP contribution in [0.4, 0.5) is 8.78 Å². The van der Waals surface area contributed by atoms with Crippen LogP contribution in [-0.4, -0.2) is 50.7 Å². The summed E-state index contributed by atoms with van der Waals surface area (Å²) in [5.74, 6) is 1.66. The third kappa shape index (κ3) is 8.12. The lowest BCUT2D eigenvalue weighted by atomic mass is 10.0. The summed E-state index contributed by atoms with van der Waals surface area (Å²) in [7, 11) is 1.70. The molecule has 7 heteroatoms. The van der Waals surface area contributed by atoms with Crippen LogP contribution in [0.3, 0.4) is 0 Å². The Labute approximate surface area is 161 Å².